The van der Waals surface area contributed by atoms with E-state index in [4.69, 9.17) is 11.0 Å². The van der Waals surface area contributed by atoms with Gasteiger partial charge in [0.2, 0.25) is 10.7 Å². The quantitative estimate of drug-likeness (QED) is 0.870. The van der Waals surface area contributed by atoms with E-state index in [1.165, 1.54) is 0 Å². The summed E-state index contributed by atoms with van der Waals surface area (Å²) in [7, 11) is 0. The molecule has 19 heavy (non-hydrogen) atoms. The van der Waals surface area contributed by atoms with Crippen LogP contribution >= 0.6 is 15.9 Å². The van der Waals surface area contributed by atoms with Crippen LogP contribution in [0.15, 0.2) is 22.9 Å². The number of nitrogens with zero attached hydrogens (tertiary/aromatic N) is 4. The first kappa shape index (κ1) is 13.4. The van der Waals surface area contributed by atoms with Crippen LogP contribution in [-0.4, -0.2) is 14.8 Å². The highest BCUT2D eigenvalue weighted by atomic mass is 79.9. The topological polar surface area (TPSA) is 80.5 Å². The van der Waals surface area contributed by atoms with Gasteiger partial charge in [-0.1, -0.05) is 0 Å². The predicted molar refractivity (Wildman–Crippen MR) is 63.2 cm³/mol. The molecule has 0 saturated carbocycles. The molecule has 0 aliphatic carbocycles. The van der Waals surface area contributed by atoms with Gasteiger partial charge in [0, 0.05) is 0 Å². The van der Waals surface area contributed by atoms with Crippen molar-refractivity contribution in [1.29, 1.82) is 5.26 Å². The van der Waals surface area contributed by atoms with Crippen LogP contribution in [-0.2, 0) is 6.18 Å². The van der Waals surface area contributed by atoms with Crippen molar-refractivity contribution >= 4 is 21.9 Å². The van der Waals surface area contributed by atoms with Crippen molar-refractivity contribution in [2.24, 2.45) is 0 Å². The van der Waals surface area contributed by atoms with Crippen molar-refractivity contribution in [2.45, 2.75) is 6.18 Å². The lowest BCUT2D eigenvalue weighted by Gasteiger charge is -2.09. The normalized spacial score (nSPS) is 11.3. The Morgan fingerprint density at radius 3 is 2.53 bits per heavy atom. The van der Waals surface area contributed by atoms with Crippen LogP contribution in [0.1, 0.15) is 11.1 Å². The minimum absolute atomic E-state index is 0.0596. The maximum atomic E-state index is 12.5. The van der Waals surface area contributed by atoms with Crippen LogP contribution < -0.4 is 5.73 Å². The SMILES string of the molecule is N#Cc1cc(C(F)(F)F)ccc1-n1nc(N)nc1Br. The van der Waals surface area contributed by atoms with Gasteiger partial charge in [-0.3, -0.25) is 0 Å². The minimum atomic E-state index is -4.51. The van der Waals surface area contributed by atoms with E-state index >= 15 is 0 Å². The van der Waals surface area contributed by atoms with E-state index in [2.05, 4.69) is 26.0 Å². The van der Waals surface area contributed by atoms with Crippen molar-refractivity contribution in [3.8, 4) is 11.8 Å². The average Bonchev–Trinajstić information content (AvgIpc) is 2.66. The molecule has 9 heteroatoms. The molecule has 2 aromatic rings. The minimum Gasteiger partial charge on any atom is -0.366 e. The van der Waals surface area contributed by atoms with Crippen molar-refractivity contribution in [3.63, 3.8) is 0 Å². The van der Waals surface area contributed by atoms with E-state index in [9.17, 15) is 13.2 Å². The van der Waals surface area contributed by atoms with E-state index in [1.54, 1.807) is 6.07 Å². The standard InChI is InChI=1S/C10H5BrF3N5/c11-8-17-9(16)18-19(8)7-2-1-6(10(12,13)14)3-5(7)4-15/h1-3H,(H2,16,18). The molecule has 0 saturated heterocycles. The number of halogens is 4. The van der Waals surface area contributed by atoms with Crippen LogP contribution in [0.2, 0.25) is 0 Å². The lowest BCUT2D eigenvalue weighted by molar-refractivity contribution is -0.137. The molecular formula is C10H5BrF3N5. The highest BCUT2D eigenvalue weighted by Gasteiger charge is 2.31. The zero-order valence-corrected chi connectivity index (χ0v) is 10.7. The number of nitrogen functional groups attached to an aromatic ring is 1. The van der Waals surface area contributed by atoms with Gasteiger partial charge in [0.05, 0.1) is 16.8 Å². The second-order valence-corrected chi connectivity index (χ2v) is 4.20. The largest absolute Gasteiger partial charge is 0.416 e. The number of aromatic nitrogens is 3. The highest BCUT2D eigenvalue weighted by molar-refractivity contribution is 9.10. The van der Waals surface area contributed by atoms with Crippen LogP contribution in [0.4, 0.5) is 19.1 Å². The third-order valence-electron chi connectivity index (χ3n) is 2.26. The molecule has 1 aromatic carbocycles. The van der Waals surface area contributed by atoms with Crippen molar-refractivity contribution < 1.29 is 13.2 Å². The van der Waals surface area contributed by atoms with Crippen molar-refractivity contribution in [1.82, 2.24) is 14.8 Å². The lowest BCUT2D eigenvalue weighted by Crippen LogP contribution is -2.07. The summed E-state index contributed by atoms with van der Waals surface area (Å²) < 4.78 is 39.0. The Morgan fingerprint density at radius 2 is 2.05 bits per heavy atom. The molecule has 0 aliphatic heterocycles. The first-order valence-electron chi connectivity index (χ1n) is 4.82. The van der Waals surface area contributed by atoms with Gasteiger partial charge in [-0.15, -0.1) is 5.10 Å². The van der Waals surface area contributed by atoms with Crippen LogP contribution in [0, 0.1) is 11.3 Å². The fraction of sp³-hybridized carbons (Fsp3) is 0.100. The maximum Gasteiger partial charge on any atom is 0.416 e. The smallest absolute Gasteiger partial charge is 0.366 e. The molecule has 2 N–H and O–H groups in total. The molecule has 0 aliphatic rings. The second-order valence-electron chi connectivity index (χ2n) is 3.49. The van der Waals surface area contributed by atoms with Crippen LogP contribution in [0.25, 0.3) is 5.69 Å². The summed E-state index contributed by atoms with van der Waals surface area (Å²) in [5.41, 5.74) is 4.44. The molecule has 5 nitrogen and oxygen atoms in total. The first-order chi connectivity index (χ1) is 8.82. The van der Waals surface area contributed by atoms with Gasteiger partial charge in [-0.2, -0.15) is 23.4 Å². The van der Waals surface area contributed by atoms with E-state index in [0.717, 1.165) is 22.9 Å². The van der Waals surface area contributed by atoms with Gasteiger partial charge < -0.3 is 5.73 Å². The summed E-state index contributed by atoms with van der Waals surface area (Å²) in [4.78, 5) is 3.75. The number of anilines is 1. The molecule has 0 spiro atoms. The Hall–Kier alpha value is -2.08. The predicted octanol–water partition coefficient (Wildman–Crippen LogP) is 2.50. The molecule has 2 rings (SSSR count). The van der Waals surface area contributed by atoms with Crippen LogP contribution in [0.5, 0.6) is 0 Å². The summed E-state index contributed by atoms with van der Waals surface area (Å²) in [6.45, 7) is 0. The Labute approximate surface area is 113 Å². The maximum absolute atomic E-state index is 12.5. The van der Waals surface area contributed by atoms with E-state index in [1.807, 2.05) is 0 Å². The molecule has 0 amide bonds. The van der Waals surface area contributed by atoms with Gasteiger partial charge in [-0.05, 0) is 34.1 Å². The number of nitriles is 1. The third kappa shape index (κ3) is 2.53. The zero-order chi connectivity index (χ0) is 14.2. The number of benzene rings is 1. The Balaban J connectivity index is 2.61. The summed E-state index contributed by atoms with van der Waals surface area (Å²) >= 11 is 3.05. The van der Waals surface area contributed by atoms with E-state index in [-0.39, 0.29) is 21.9 Å². The molecule has 0 unspecified atom stereocenters. The van der Waals surface area contributed by atoms with Gasteiger partial charge in [0.1, 0.15) is 6.07 Å². The number of hydrogen-bond donors (Lipinski definition) is 1. The zero-order valence-electron chi connectivity index (χ0n) is 9.11. The summed E-state index contributed by atoms with van der Waals surface area (Å²) in [6, 6.07) is 4.44. The fourth-order valence-electron chi connectivity index (χ4n) is 1.45. The van der Waals surface area contributed by atoms with Gasteiger partial charge in [-0.25, -0.2) is 4.68 Å². The number of hydrogen-bond acceptors (Lipinski definition) is 4. The first-order valence-corrected chi connectivity index (χ1v) is 5.62. The average molecular weight is 332 g/mol. The molecule has 0 bridgehead atoms. The number of alkyl halides is 3. The Morgan fingerprint density at radius 1 is 1.37 bits per heavy atom. The second kappa shape index (κ2) is 4.55. The van der Waals surface area contributed by atoms with E-state index in [0.29, 0.717) is 0 Å². The number of nitrogens with two attached hydrogens (primary N) is 1. The number of rotatable bonds is 1. The summed E-state index contributed by atoms with van der Waals surface area (Å²) in [5.74, 6) is -0.0596. The monoisotopic (exact) mass is 331 g/mol. The Kier molecular flexibility index (Phi) is 3.20. The molecule has 0 fully saturated rings. The Bertz CT molecular complexity index is 671. The summed E-state index contributed by atoms with van der Waals surface area (Å²) in [6.07, 6.45) is -4.51. The molecule has 0 atom stereocenters. The van der Waals surface area contributed by atoms with Gasteiger partial charge in [0.25, 0.3) is 0 Å². The molecular weight excluding hydrogens is 327 g/mol. The van der Waals surface area contributed by atoms with Crippen molar-refractivity contribution in [3.05, 3.63) is 34.1 Å². The van der Waals surface area contributed by atoms with Crippen molar-refractivity contribution in [2.75, 3.05) is 5.73 Å². The molecule has 98 valence electrons. The highest BCUT2D eigenvalue weighted by Crippen LogP contribution is 2.31. The fourth-order valence-corrected chi connectivity index (χ4v) is 1.90. The summed E-state index contributed by atoms with van der Waals surface area (Å²) in [5, 5.41) is 12.7. The van der Waals surface area contributed by atoms with Gasteiger partial charge >= 0.3 is 6.18 Å². The van der Waals surface area contributed by atoms with Crippen LogP contribution in [0.3, 0.4) is 0 Å². The molecule has 0 radical (unpaired) electrons. The third-order valence-corrected chi connectivity index (χ3v) is 2.77. The molecule has 1 heterocycles. The van der Waals surface area contributed by atoms with E-state index < -0.39 is 11.7 Å². The lowest BCUT2D eigenvalue weighted by atomic mass is 10.1. The van der Waals surface area contributed by atoms with Gasteiger partial charge in [0.15, 0.2) is 0 Å². The molecule has 1 aromatic heterocycles.